The number of nitrogens with zero attached hydrogens (tertiary/aromatic N) is 7. The summed E-state index contributed by atoms with van der Waals surface area (Å²) in [6, 6.07) is 18.4. The van der Waals surface area contributed by atoms with Gasteiger partial charge >= 0.3 is 12.1 Å². The predicted molar refractivity (Wildman–Crippen MR) is 169 cm³/mol. The normalized spacial score (nSPS) is 20.0. The van der Waals surface area contributed by atoms with Gasteiger partial charge in [0.1, 0.15) is 19.0 Å². The van der Waals surface area contributed by atoms with Gasteiger partial charge in [0.25, 0.3) is 6.43 Å². The van der Waals surface area contributed by atoms with Crippen LogP contribution in [0.4, 0.5) is 25.1 Å². The van der Waals surface area contributed by atoms with E-state index in [2.05, 4.69) is 22.9 Å². The lowest BCUT2D eigenvalue weighted by Crippen LogP contribution is -2.55. The summed E-state index contributed by atoms with van der Waals surface area (Å²) in [7, 11) is 2.08. The molecule has 2 fully saturated rings. The molecule has 242 valence electrons. The van der Waals surface area contributed by atoms with Crippen LogP contribution in [-0.4, -0.2) is 84.3 Å². The molecule has 2 unspecified atom stereocenters. The fourth-order valence-electron chi connectivity index (χ4n) is 6.61. The number of alkyl halides is 2. The van der Waals surface area contributed by atoms with Crippen LogP contribution in [0.25, 0.3) is 0 Å². The van der Waals surface area contributed by atoms with Crippen molar-refractivity contribution in [3.05, 3.63) is 77.0 Å². The summed E-state index contributed by atoms with van der Waals surface area (Å²) in [6.45, 7) is 3.70. The van der Waals surface area contributed by atoms with E-state index in [0.717, 1.165) is 36.2 Å². The number of nitriles is 1. The first-order chi connectivity index (χ1) is 22.4. The van der Waals surface area contributed by atoms with Crippen molar-refractivity contribution in [2.75, 3.05) is 56.2 Å². The molecule has 0 radical (unpaired) electrons. The van der Waals surface area contributed by atoms with Gasteiger partial charge in [-0.05, 0) is 44.5 Å². The SMILES string of the molecule is CN1CCCC1COc1nc2c(c(N3CCN(C(=O)OCc4ccccc4)C(CC#N)C3)n1)CCN(c1ccccc1C(F)F)C2. The first-order valence-electron chi connectivity index (χ1n) is 15.8. The van der Waals surface area contributed by atoms with Gasteiger partial charge in [-0.25, -0.2) is 13.6 Å². The summed E-state index contributed by atoms with van der Waals surface area (Å²) in [5.74, 6) is 0.710. The number of fused-ring (bicyclic) bond motifs is 1. The molecule has 0 spiro atoms. The maximum atomic E-state index is 13.9. The number of anilines is 2. The molecular formula is C34H39F2N7O3. The Morgan fingerprint density at radius 1 is 1.02 bits per heavy atom. The molecule has 4 heterocycles. The van der Waals surface area contributed by atoms with Crippen LogP contribution in [-0.2, 0) is 24.3 Å². The Morgan fingerprint density at radius 2 is 1.83 bits per heavy atom. The van der Waals surface area contributed by atoms with Gasteiger partial charge in [0.2, 0.25) is 0 Å². The average Bonchev–Trinajstić information content (AvgIpc) is 3.50. The molecule has 3 aliphatic rings. The average molecular weight is 632 g/mol. The van der Waals surface area contributed by atoms with E-state index in [1.165, 1.54) is 6.07 Å². The van der Waals surface area contributed by atoms with Gasteiger partial charge in [-0.2, -0.15) is 15.2 Å². The minimum Gasteiger partial charge on any atom is -0.462 e. The van der Waals surface area contributed by atoms with Crippen LogP contribution in [0.1, 0.15) is 48.1 Å². The first kappa shape index (κ1) is 31.5. The Labute approximate surface area is 268 Å². The lowest BCUT2D eigenvalue weighted by Gasteiger charge is -2.42. The van der Waals surface area contributed by atoms with Gasteiger partial charge in [0.05, 0.1) is 30.8 Å². The molecule has 2 atom stereocenters. The van der Waals surface area contributed by atoms with E-state index in [4.69, 9.17) is 19.4 Å². The van der Waals surface area contributed by atoms with E-state index >= 15 is 0 Å². The number of rotatable bonds is 9. The van der Waals surface area contributed by atoms with Crippen LogP contribution in [0, 0.1) is 11.3 Å². The van der Waals surface area contributed by atoms with Crippen LogP contribution in [0.2, 0.25) is 0 Å². The van der Waals surface area contributed by atoms with Gasteiger partial charge in [-0.15, -0.1) is 0 Å². The highest BCUT2D eigenvalue weighted by molar-refractivity contribution is 5.69. The highest BCUT2D eigenvalue weighted by Gasteiger charge is 2.35. The van der Waals surface area contributed by atoms with E-state index in [1.807, 2.05) is 35.2 Å². The van der Waals surface area contributed by atoms with Crippen LogP contribution < -0.4 is 14.5 Å². The van der Waals surface area contributed by atoms with Crippen molar-refractivity contribution in [3.8, 4) is 12.1 Å². The van der Waals surface area contributed by atoms with Gasteiger partial charge in [-0.3, -0.25) is 0 Å². The maximum Gasteiger partial charge on any atom is 0.410 e. The van der Waals surface area contributed by atoms with Crippen molar-refractivity contribution in [2.45, 2.75) is 57.3 Å². The van der Waals surface area contributed by atoms with Crippen LogP contribution in [0.5, 0.6) is 6.01 Å². The molecule has 12 heteroatoms. The number of carbonyl (C=O) groups is 1. The number of hydrogen-bond acceptors (Lipinski definition) is 9. The molecule has 1 aromatic heterocycles. The lowest BCUT2D eigenvalue weighted by atomic mass is 10.0. The lowest BCUT2D eigenvalue weighted by molar-refractivity contribution is 0.0767. The number of piperazine rings is 1. The van der Waals surface area contributed by atoms with Crippen molar-refractivity contribution in [1.29, 1.82) is 5.26 Å². The molecule has 0 saturated carbocycles. The zero-order chi connectivity index (χ0) is 32.0. The summed E-state index contributed by atoms with van der Waals surface area (Å²) in [5.41, 5.74) is 3.05. The Morgan fingerprint density at radius 3 is 2.59 bits per heavy atom. The van der Waals surface area contributed by atoms with Crippen LogP contribution in [0.15, 0.2) is 54.6 Å². The first-order valence-corrected chi connectivity index (χ1v) is 15.8. The fraction of sp³-hybridized carbons (Fsp3) is 0.471. The Hall–Kier alpha value is -4.50. The van der Waals surface area contributed by atoms with Crippen LogP contribution >= 0.6 is 0 Å². The molecule has 10 nitrogen and oxygen atoms in total. The van der Waals surface area contributed by atoms with Gasteiger partial charge < -0.3 is 29.1 Å². The molecule has 6 rings (SSSR count). The fourth-order valence-corrected chi connectivity index (χ4v) is 6.61. The summed E-state index contributed by atoms with van der Waals surface area (Å²) < 4.78 is 39.6. The molecule has 1 amide bonds. The second kappa shape index (κ2) is 14.3. The third kappa shape index (κ3) is 6.99. The minimum atomic E-state index is -2.59. The summed E-state index contributed by atoms with van der Waals surface area (Å²) in [4.78, 5) is 30.8. The van der Waals surface area contributed by atoms with E-state index in [0.29, 0.717) is 57.3 Å². The Balaban J connectivity index is 1.25. The number of hydrogen-bond donors (Lipinski definition) is 0. The Kier molecular flexibility index (Phi) is 9.78. The van der Waals surface area contributed by atoms with Crippen molar-refractivity contribution in [3.63, 3.8) is 0 Å². The zero-order valence-electron chi connectivity index (χ0n) is 26.0. The molecule has 3 aliphatic heterocycles. The number of likely N-dealkylation sites (N-methyl/N-ethyl adjacent to an activating group) is 1. The number of likely N-dealkylation sites (tertiary alicyclic amines) is 1. The third-order valence-electron chi connectivity index (χ3n) is 9.16. The molecule has 3 aromatic rings. The molecule has 0 bridgehead atoms. The van der Waals surface area contributed by atoms with Gasteiger partial charge in [-0.1, -0.05) is 48.5 Å². The highest BCUT2D eigenvalue weighted by atomic mass is 19.3. The van der Waals surface area contributed by atoms with Crippen molar-refractivity contribution >= 4 is 17.6 Å². The maximum absolute atomic E-state index is 13.9. The topological polar surface area (TPSA) is 98.1 Å². The van der Waals surface area contributed by atoms with E-state index in [-0.39, 0.29) is 30.6 Å². The third-order valence-corrected chi connectivity index (χ3v) is 9.16. The monoisotopic (exact) mass is 631 g/mol. The predicted octanol–water partition coefficient (Wildman–Crippen LogP) is 5.19. The number of aromatic nitrogens is 2. The van der Waals surface area contributed by atoms with Crippen molar-refractivity contribution in [2.24, 2.45) is 0 Å². The van der Waals surface area contributed by atoms with E-state index in [9.17, 15) is 18.8 Å². The van der Waals surface area contributed by atoms with Crippen molar-refractivity contribution in [1.82, 2.24) is 19.8 Å². The number of halogens is 2. The number of benzene rings is 2. The second-order valence-electron chi connectivity index (χ2n) is 12.1. The molecule has 2 aromatic carbocycles. The van der Waals surface area contributed by atoms with Gasteiger partial charge in [0, 0.05) is 49.0 Å². The molecule has 2 saturated heterocycles. The molecule has 0 aliphatic carbocycles. The smallest absolute Gasteiger partial charge is 0.410 e. The van der Waals surface area contributed by atoms with Crippen molar-refractivity contribution < 1.29 is 23.0 Å². The number of ether oxygens (including phenoxy) is 2. The summed E-state index contributed by atoms with van der Waals surface area (Å²) in [5, 5.41) is 9.66. The molecule has 46 heavy (non-hydrogen) atoms. The van der Waals surface area contributed by atoms with E-state index < -0.39 is 18.6 Å². The van der Waals surface area contributed by atoms with Crippen LogP contribution in [0.3, 0.4) is 0 Å². The summed E-state index contributed by atoms with van der Waals surface area (Å²) in [6.07, 6.45) is -0.210. The zero-order valence-corrected chi connectivity index (χ0v) is 26.0. The highest BCUT2D eigenvalue weighted by Crippen LogP contribution is 2.36. The minimum absolute atomic E-state index is 0.00408. The Bertz CT molecular complexity index is 1550. The number of amides is 1. The van der Waals surface area contributed by atoms with Gasteiger partial charge in [0.15, 0.2) is 0 Å². The van der Waals surface area contributed by atoms with E-state index in [1.54, 1.807) is 23.1 Å². The number of para-hydroxylation sites is 1. The largest absolute Gasteiger partial charge is 0.462 e. The summed E-state index contributed by atoms with van der Waals surface area (Å²) >= 11 is 0. The number of carbonyl (C=O) groups excluding carboxylic acids is 1. The quantitative estimate of drug-likeness (QED) is 0.316. The standard InChI is InChI=1S/C34H39F2N7O3/c1-40-16-7-10-26(40)23-45-33-38-29-21-41(30-12-6-5-11-28(30)31(35)36)17-14-27(29)32(39-33)42-18-19-43(25(20-42)13-15-37)34(44)46-22-24-8-3-2-4-9-24/h2-6,8-9,11-12,25-26,31H,7,10,13-14,16-23H2,1H3. The second-order valence-corrected chi connectivity index (χ2v) is 12.1. The molecular weight excluding hydrogens is 592 g/mol. The molecule has 0 N–H and O–H groups in total.